The maximum atomic E-state index is 5.17. The first kappa shape index (κ1) is 12.5. The Morgan fingerprint density at radius 1 is 1.47 bits per heavy atom. The van der Waals surface area contributed by atoms with Crippen LogP contribution in [0.25, 0.3) is 0 Å². The Labute approximate surface area is 103 Å². The van der Waals surface area contributed by atoms with E-state index in [1.807, 2.05) is 7.05 Å². The summed E-state index contributed by atoms with van der Waals surface area (Å²) in [5, 5.41) is 7.06. The van der Waals surface area contributed by atoms with Gasteiger partial charge >= 0.3 is 0 Å². The van der Waals surface area contributed by atoms with Crippen molar-refractivity contribution in [2.24, 2.45) is 0 Å². The zero-order chi connectivity index (χ0) is 12.1. The van der Waals surface area contributed by atoms with Crippen LogP contribution in [0.4, 0.5) is 0 Å². The van der Waals surface area contributed by atoms with Gasteiger partial charge in [0.05, 0.1) is 6.54 Å². The third-order valence-corrected chi connectivity index (χ3v) is 3.41. The largest absolute Gasteiger partial charge is 0.338 e. The molecular weight excluding hydrogens is 216 g/mol. The van der Waals surface area contributed by atoms with Gasteiger partial charge in [-0.15, -0.1) is 0 Å². The van der Waals surface area contributed by atoms with Gasteiger partial charge in [0.25, 0.3) is 0 Å². The molecule has 1 unspecified atom stereocenters. The minimum Gasteiger partial charge on any atom is -0.338 e. The fourth-order valence-corrected chi connectivity index (χ4v) is 2.51. The second-order valence-electron chi connectivity index (χ2n) is 4.62. The molecule has 1 atom stereocenters. The van der Waals surface area contributed by atoms with Crippen molar-refractivity contribution in [1.29, 1.82) is 0 Å². The minimum atomic E-state index is 0.591. The average molecular weight is 238 g/mol. The summed E-state index contributed by atoms with van der Waals surface area (Å²) in [5.74, 6) is 1.53. The molecule has 0 saturated carbocycles. The molecule has 0 aliphatic carbocycles. The summed E-state index contributed by atoms with van der Waals surface area (Å²) >= 11 is 0. The summed E-state index contributed by atoms with van der Waals surface area (Å²) in [6, 6.07) is 0.591. The Bertz CT molecular complexity index is 339. The van der Waals surface area contributed by atoms with Crippen LogP contribution in [0.15, 0.2) is 4.52 Å². The van der Waals surface area contributed by atoms with Gasteiger partial charge in [-0.2, -0.15) is 4.98 Å². The van der Waals surface area contributed by atoms with Crippen LogP contribution in [0, 0.1) is 0 Å². The molecule has 0 bridgehead atoms. The molecule has 0 spiro atoms. The lowest BCUT2D eigenvalue weighted by atomic mass is 9.99. The SMILES string of the molecule is CCN1CCCCC1Cc1noc(CNC)n1. The van der Waals surface area contributed by atoms with Gasteiger partial charge in [0.15, 0.2) is 5.82 Å². The standard InChI is InChI=1S/C12H22N4O/c1-3-16-7-5-4-6-10(16)8-11-14-12(9-13-2)17-15-11/h10,13H,3-9H2,1-2H3. The number of hydrogen-bond donors (Lipinski definition) is 1. The van der Waals surface area contributed by atoms with E-state index in [1.54, 1.807) is 0 Å². The molecule has 1 saturated heterocycles. The van der Waals surface area contributed by atoms with E-state index in [9.17, 15) is 0 Å². The van der Waals surface area contributed by atoms with Crippen molar-refractivity contribution in [2.75, 3.05) is 20.1 Å². The molecule has 5 nitrogen and oxygen atoms in total. The van der Waals surface area contributed by atoms with E-state index in [2.05, 4.69) is 27.3 Å². The smallest absolute Gasteiger partial charge is 0.240 e. The molecule has 2 rings (SSSR count). The minimum absolute atomic E-state index is 0.591. The van der Waals surface area contributed by atoms with E-state index >= 15 is 0 Å². The van der Waals surface area contributed by atoms with Crippen LogP contribution >= 0.6 is 0 Å². The Morgan fingerprint density at radius 3 is 3.12 bits per heavy atom. The number of likely N-dealkylation sites (tertiary alicyclic amines) is 1. The van der Waals surface area contributed by atoms with Crippen molar-refractivity contribution >= 4 is 0 Å². The lowest BCUT2D eigenvalue weighted by Crippen LogP contribution is -2.40. The zero-order valence-electron chi connectivity index (χ0n) is 10.8. The fraction of sp³-hybridized carbons (Fsp3) is 0.833. The monoisotopic (exact) mass is 238 g/mol. The van der Waals surface area contributed by atoms with Crippen LogP contribution in [0.3, 0.4) is 0 Å². The van der Waals surface area contributed by atoms with Gasteiger partial charge in [0.2, 0.25) is 5.89 Å². The molecule has 17 heavy (non-hydrogen) atoms. The van der Waals surface area contributed by atoms with Gasteiger partial charge < -0.3 is 14.7 Å². The number of likely N-dealkylation sites (N-methyl/N-ethyl adjacent to an activating group) is 1. The Kier molecular flexibility index (Phi) is 4.50. The van der Waals surface area contributed by atoms with Crippen LogP contribution < -0.4 is 5.32 Å². The summed E-state index contributed by atoms with van der Waals surface area (Å²) in [7, 11) is 1.88. The van der Waals surface area contributed by atoms with E-state index < -0.39 is 0 Å². The maximum Gasteiger partial charge on any atom is 0.240 e. The predicted molar refractivity (Wildman–Crippen MR) is 65.7 cm³/mol. The highest BCUT2D eigenvalue weighted by Gasteiger charge is 2.23. The van der Waals surface area contributed by atoms with Gasteiger partial charge in [-0.1, -0.05) is 18.5 Å². The molecule has 1 aliphatic rings. The van der Waals surface area contributed by atoms with Crippen molar-refractivity contribution in [1.82, 2.24) is 20.4 Å². The topological polar surface area (TPSA) is 54.2 Å². The summed E-state index contributed by atoms with van der Waals surface area (Å²) in [6.45, 7) is 5.20. The van der Waals surface area contributed by atoms with Crippen molar-refractivity contribution in [2.45, 2.75) is 45.2 Å². The van der Waals surface area contributed by atoms with Crippen LogP contribution in [0.5, 0.6) is 0 Å². The van der Waals surface area contributed by atoms with Gasteiger partial charge in [-0.05, 0) is 33.0 Å². The van der Waals surface area contributed by atoms with Crippen LogP contribution in [0.2, 0.25) is 0 Å². The second-order valence-corrected chi connectivity index (χ2v) is 4.62. The lowest BCUT2D eigenvalue weighted by molar-refractivity contribution is 0.153. The van der Waals surface area contributed by atoms with Crippen LogP contribution in [-0.4, -0.2) is 41.2 Å². The van der Waals surface area contributed by atoms with Crippen molar-refractivity contribution < 1.29 is 4.52 Å². The molecule has 0 aromatic carbocycles. The molecule has 5 heteroatoms. The molecule has 1 aromatic rings. The quantitative estimate of drug-likeness (QED) is 0.835. The first-order valence-electron chi connectivity index (χ1n) is 6.53. The van der Waals surface area contributed by atoms with Crippen LogP contribution in [-0.2, 0) is 13.0 Å². The molecule has 0 radical (unpaired) electrons. The maximum absolute atomic E-state index is 5.17. The number of nitrogens with zero attached hydrogens (tertiary/aromatic N) is 3. The van der Waals surface area contributed by atoms with Crippen molar-refractivity contribution in [3.05, 3.63) is 11.7 Å². The average Bonchev–Trinajstić information content (AvgIpc) is 2.78. The molecule has 0 amide bonds. The summed E-state index contributed by atoms with van der Waals surface area (Å²) < 4.78 is 5.17. The zero-order valence-corrected chi connectivity index (χ0v) is 10.8. The number of piperidine rings is 1. The van der Waals surface area contributed by atoms with Gasteiger partial charge in [-0.25, -0.2) is 0 Å². The van der Waals surface area contributed by atoms with E-state index in [-0.39, 0.29) is 0 Å². The van der Waals surface area contributed by atoms with E-state index in [1.165, 1.54) is 25.8 Å². The Morgan fingerprint density at radius 2 is 2.35 bits per heavy atom. The molecular formula is C12H22N4O. The highest BCUT2D eigenvalue weighted by Crippen LogP contribution is 2.19. The Balaban J connectivity index is 1.93. The fourth-order valence-electron chi connectivity index (χ4n) is 2.51. The summed E-state index contributed by atoms with van der Waals surface area (Å²) in [5.41, 5.74) is 0. The van der Waals surface area contributed by atoms with E-state index in [4.69, 9.17) is 4.52 Å². The number of hydrogen-bond acceptors (Lipinski definition) is 5. The van der Waals surface area contributed by atoms with Gasteiger partial charge in [0.1, 0.15) is 0 Å². The first-order valence-corrected chi connectivity index (χ1v) is 6.53. The number of aromatic nitrogens is 2. The molecule has 1 N–H and O–H groups in total. The molecule has 1 aliphatic heterocycles. The molecule has 2 heterocycles. The van der Waals surface area contributed by atoms with E-state index in [0.717, 1.165) is 18.8 Å². The van der Waals surface area contributed by atoms with Gasteiger partial charge in [0, 0.05) is 12.5 Å². The number of nitrogens with one attached hydrogen (secondary N) is 1. The molecule has 1 fully saturated rings. The Hall–Kier alpha value is -0.940. The summed E-state index contributed by atoms with van der Waals surface area (Å²) in [6.07, 6.45) is 4.81. The van der Waals surface area contributed by atoms with Crippen LogP contribution in [0.1, 0.15) is 37.9 Å². The lowest BCUT2D eigenvalue weighted by Gasteiger charge is -2.34. The normalized spacial score (nSPS) is 21.9. The molecule has 96 valence electrons. The predicted octanol–water partition coefficient (Wildman–Crippen LogP) is 1.21. The number of rotatable bonds is 5. The molecule has 1 aromatic heterocycles. The van der Waals surface area contributed by atoms with Crippen molar-refractivity contribution in [3.63, 3.8) is 0 Å². The highest BCUT2D eigenvalue weighted by molar-refractivity contribution is 4.92. The van der Waals surface area contributed by atoms with Gasteiger partial charge in [-0.3, -0.25) is 0 Å². The first-order chi connectivity index (χ1) is 8.33. The summed E-state index contributed by atoms with van der Waals surface area (Å²) in [4.78, 5) is 6.92. The third kappa shape index (κ3) is 3.26. The van der Waals surface area contributed by atoms with E-state index in [0.29, 0.717) is 18.5 Å². The highest BCUT2D eigenvalue weighted by atomic mass is 16.5. The third-order valence-electron chi connectivity index (χ3n) is 3.41. The second kappa shape index (κ2) is 6.12. The van der Waals surface area contributed by atoms with Crippen molar-refractivity contribution in [3.8, 4) is 0 Å².